The van der Waals surface area contributed by atoms with Gasteiger partial charge in [-0.15, -0.1) is 11.8 Å². The Morgan fingerprint density at radius 2 is 2.04 bits per heavy atom. The van der Waals surface area contributed by atoms with Crippen LogP contribution in [0, 0.1) is 17.9 Å². The van der Waals surface area contributed by atoms with Crippen molar-refractivity contribution in [3.05, 3.63) is 52.4 Å². The van der Waals surface area contributed by atoms with E-state index in [0.29, 0.717) is 23.8 Å². The van der Waals surface area contributed by atoms with Crippen molar-refractivity contribution in [2.45, 2.75) is 37.5 Å². The van der Waals surface area contributed by atoms with E-state index < -0.39 is 0 Å². The Labute approximate surface area is 163 Å². The van der Waals surface area contributed by atoms with Crippen LogP contribution in [0.3, 0.4) is 0 Å². The molecule has 1 aromatic carbocycles. The number of hydrogen-bond donors (Lipinski definition) is 1. The summed E-state index contributed by atoms with van der Waals surface area (Å²) in [5, 5.41) is 9.97. The molecule has 0 saturated carbocycles. The second-order valence-corrected chi connectivity index (χ2v) is 6.78. The molecule has 1 aromatic heterocycles. The van der Waals surface area contributed by atoms with Crippen molar-refractivity contribution < 1.29 is 9.53 Å². The Morgan fingerprint density at radius 3 is 2.59 bits per heavy atom. The summed E-state index contributed by atoms with van der Waals surface area (Å²) < 4.78 is 5.49. The van der Waals surface area contributed by atoms with Gasteiger partial charge in [-0.2, -0.15) is 5.26 Å². The van der Waals surface area contributed by atoms with Gasteiger partial charge in [-0.3, -0.25) is 0 Å². The number of carbonyl (C=O) groups is 1. The highest BCUT2D eigenvalue weighted by Gasteiger charge is 2.20. The van der Waals surface area contributed by atoms with Gasteiger partial charge in [0.25, 0.3) is 5.69 Å². The van der Waals surface area contributed by atoms with Crippen molar-refractivity contribution in [2.75, 3.05) is 12.3 Å². The third-order valence-electron chi connectivity index (χ3n) is 3.80. The first kappa shape index (κ1) is 20.3. The minimum absolute atomic E-state index is 0.0644. The number of ether oxygens (including phenoxy) is 1. The van der Waals surface area contributed by atoms with Gasteiger partial charge < -0.3 is 15.3 Å². The number of aromatic nitrogens is 1. The van der Waals surface area contributed by atoms with E-state index in [2.05, 4.69) is 15.9 Å². The van der Waals surface area contributed by atoms with Crippen LogP contribution in [0.1, 0.15) is 37.0 Å². The molecular formula is C20H20N4O2S. The Morgan fingerprint density at radius 1 is 1.37 bits per heavy atom. The molecule has 0 saturated heterocycles. The topological polar surface area (TPSA) is 93.4 Å². The quantitative estimate of drug-likeness (QED) is 0.542. The Hall–Kier alpha value is -3.03. The van der Waals surface area contributed by atoms with Crippen LogP contribution in [0.15, 0.2) is 29.3 Å². The zero-order chi connectivity index (χ0) is 19.8. The predicted octanol–water partition coefficient (Wildman–Crippen LogP) is 4.30. The Bertz CT molecular complexity index is 912. The van der Waals surface area contributed by atoms with Crippen LogP contribution < -0.4 is 10.5 Å². The molecule has 0 radical (unpaired) electrons. The summed E-state index contributed by atoms with van der Waals surface area (Å²) in [5.74, 6) is 1.03. The van der Waals surface area contributed by atoms with Crippen LogP contribution in [0.2, 0.25) is 0 Å². The first-order chi connectivity index (χ1) is 13.0. The number of carbonyl (C=O) groups excluding carboxylic acids is 1. The summed E-state index contributed by atoms with van der Waals surface area (Å²) in [4.78, 5) is 18.7. The van der Waals surface area contributed by atoms with Gasteiger partial charge >= 0.3 is 0 Å². The third kappa shape index (κ3) is 5.22. The zero-order valence-electron chi connectivity index (χ0n) is 15.3. The molecule has 0 bridgehead atoms. The summed E-state index contributed by atoms with van der Waals surface area (Å²) in [6.45, 7) is 11.0. The molecule has 0 aliphatic heterocycles. The van der Waals surface area contributed by atoms with E-state index in [0.717, 1.165) is 17.5 Å². The molecule has 0 amide bonds. The SMILES string of the molecule is [C-]#[N+]c1c(N)nc(SCc2ccc(CCC(C)=O)cc2)c(C#N)c1OCC. The van der Waals surface area contributed by atoms with Gasteiger partial charge in [0.2, 0.25) is 0 Å². The normalized spacial score (nSPS) is 10.1. The van der Waals surface area contributed by atoms with E-state index in [1.807, 2.05) is 24.3 Å². The minimum Gasteiger partial charge on any atom is -0.503 e. The first-order valence-corrected chi connectivity index (χ1v) is 9.42. The van der Waals surface area contributed by atoms with Crippen molar-refractivity contribution in [3.63, 3.8) is 0 Å². The molecule has 2 rings (SSSR count). The average Bonchev–Trinajstić information content (AvgIpc) is 2.66. The fourth-order valence-electron chi connectivity index (χ4n) is 2.42. The van der Waals surface area contributed by atoms with E-state index >= 15 is 0 Å². The van der Waals surface area contributed by atoms with Crippen molar-refractivity contribution in [3.8, 4) is 11.8 Å². The van der Waals surface area contributed by atoms with E-state index in [1.165, 1.54) is 11.8 Å². The number of ketones is 1. The van der Waals surface area contributed by atoms with Crippen LogP contribution in [0.4, 0.5) is 11.5 Å². The zero-order valence-corrected chi connectivity index (χ0v) is 16.1. The van der Waals surface area contributed by atoms with Gasteiger partial charge in [0.15, 0.2) is 5.75 Å². The second kappa shape index (κ2) is 9.61. The number of thioether (sulfide) groups is 1. The van der Waals surface area contributed by atoms with Crippen LogP contribution in [-0.4, -0.2) is 17.4 Å². The predicted molar refractivity (Wildman–Crippen MR) is 106 cm³/mol. The number of hydrogen-bond acceptors (Lipinski definition) is 6. The van der Waals surface area contributed by atoms with Crippen LogP contribution >= 0.6 is 11.8 Å². The lowest BCUT2D eigenvalue weighted by atomic mass is 10.1. The molecule has 27 heavy (non-hydrogen) atoms. The molecule has 2 N–H and O–H groups in total. The third-order valence-corrected chi connectivity index (χ3v) is 4.84. The molecule has 2 aromatic rings. The summed E-state index contributed by atoms with van der Waals surface area (Å²) >= 11 is 1.37. The molecular weight excluding hydrogens is 360 g/mol. The summed E-state index contributed by atoms with van der Waals surface area (Å²) in [7, 11) is 0. The molecule has 1 heterocycles. The molecule has 6 nitrogen and oxygen atoms in total. The Balaban J connectivity index is 2.19. The monoisotopic (exact) mass is 380 g/mol. The Kier molecular flexibility index (Phi) is 7.22. The van der Waals surface area contributed by atoms with E-state index in [9.17, 15) is 10.1 Å². The number of nitrogens with zero attached hydrogens (tertiary/aromatic N) is 3. The number of nitrogen functional groups attached to an aromatic ring is 1. The molecule has 138 valence electrons. The van der Waals surface area contributed by atoms with Gasteiger partial charge in [-0.1, -0.05) is 24.3 Å². The van der Waals surface area contributed by atoms with Crippen molar-refractivity contribution in [1.82, 2.24) is 4.98 Å². The standard InChI is InChI=1S/C20H20N4O2S/c1-4-26-18-16(11-21)20(24-19(22)17(18)23-3)27-12-15-9-7-14(8-10-15)6-5-13(2)25/h7-10H,4-6,12H2,1-2H3,(H2,22,24). The van der Waals surface area contributed by atoms with E-state index in [4.69, 9.17) is 17.0 Å². The van der Waals surface area contributed by atoms with Gasteiger partial charge in [0.05, 0.1) is 13.2 Å². The number of anilines is 1. The van der Waals surface area contributed by atoms with Gasteiger partial charge in [-0.25, -0.2) is 9.83 Å². The first-order valence-electron chi connectivity index (χ1n) is 8.44. The summed E-state index contributed by atoms with van der Waals surface area (Å²) in [6, 6.07) is 10.1. The van der Waals surface area contributed by atoms with E-state index in [1.54, 1.807) is 13.8 Å². The number of benzene rings is 1. The lowest BCUT2D eigenvalue weighted by Crippen LogP contribution is -2.02. The fourth-order valence-corrected chi connectivity index (χ4v) is 3.36. The van der Waals surface area contributed by atoms with Crippen molar-refractivity contribution >= 4 is 29.1 Å². The highest BCUT2D eigenvalue weighted by molar-refractivity contribution is 7.98. The molecule has 0 aliphatic rings. The fraction of sp³-hybridized carbons (Fsp3) is 0.300. The highest BCUT2D eigenvalue weighted by atomic mass is 32.2. The average molecular weight is 380 g/mol. The second-order valence-electron chi connectivity index (χ2n) is 5.82. The molecule has 0 atom stereocenters. The van der Waals surface area contributed by atoms with Crippen LogP contribution in [0.25, 0.3) is 4.85 Å². The van der Waals surface area contributed by atoms with E-state index in [-0.39, 0.29) is 28.6 Å². The molecule has 7 heteroatoms. The summed E-state index contributed by atoms with van der Waals surface area (Å²) in [5.41, 5.74) is 8.36. The minimum atomic E-state index is 0.0644. The lowest BCUT2D eigenvalue weighted by Gasteiger charge is -2.13. The van der Waals surface area contributed by atoms with Crippen molar-refractivity contribution in [2.24, 2.45) is 0 Å². The number of Topliss-reactive ketones (excluding diaryl/α,β-unsaturated/α-hetero) is 1. The maximum absolute atomic E-state index is 11.1. The number of rotatable bonds is 8. The molecule has 0 aliphatic carbocycles. The number of aryl methyl sites for hydroxylation is 1. The maximum Gasteiger partial charge on any atom is 0.270 e. The number of pyridine rings is 1. The smallest absolute Gasteiger partial charge is 0.270 e. The van der Waals surface area contributed by atoms with Crippen LogP contribution in [-0.2, 0) is 17.0 Å². The molecule has 0 fully saturated rings. The molecule has 0 spiro atoms. The summed E-state index contributed by atoms with van der Waals surface area (Å²) in [6.07, 6.45) is 1.27. The van der Waals surface area contributed by atoms with Gasteiger partial charge in [0, 0.05) is 12.2 Å². The van der Waals surface area contributed by atoms with Crippen LogP contribution in [0.5, 0.6) is 5.75 Å². The lowest BCUT2D eigenvalue weighted by molar-refractivity contribution is -0.116. The largest absolute Gasteiger partial charge is 0.503 e. The van der Waals surface area contributed by atoms with Gasteiger partial charge in [0.1, 0.15) is 28.3 Å². The molecule has 0 unspecified atom stereocenters. The highest BCUT2D eigenvalue weighted by Crippen LogP contribution is 2.41. The number of nitriles is 1. The number of nitrogens with two attached hydrogens (primary N) is 1. The van der Waals surface area contributed by atoms with Crippen molar-refractivity contribution in [1.29, 1.82) is 5.26 Å². The maximum atomic E-state index is 11.1. The van der Waals surface area contributed by atoms with Gasteiger partial charge in [-0.05, 0) is 31.4 Å².